The second-order valence-corrected chi connectivity index (χ2v) is 5.70. The van der Waals surface area contributed by atoms with Gasteiger partial charge in [-0.05, 0) is 6.42 Å². The molecule has 3 heteroatoms. The summed E-state index contributed by atoms with van der Waals surface area (Å²) in [4.78, 5) is 13.8. The molecule has 0 spiro atoms. The molecule has 1 atom stereocenters. The van der Waals surface area contributed by atoms with Crippen molar-refractivity contribution in [3.05, 3.63) is 0 Å². The third kappa shape index (κ3) is 5.01. The van der Waals surface area contributed by atoms with E-state index in [0.717, 1.165) is 13.1 Å². The molecular weight excluding hydrogens is 254 g/mol. The first-order chi connectivity index (χ1) is 7.24. The van der Waals surface area contributed by atoms with Crippen molar-refractivity contribution >= 4 is 21.8 Å². The van der Waals surface area contributed by atoms with E-state index in [-0.39, 0.29) is 0 Å². The minimum atomic E-state index is 0.324. The highest BCUT2D eigenvalue weighted by Gasteiger charge is 2.26. The van der Waals surface area contributed by atoms with Gasteiger partial charge < -0.3 is 4.90 Å². The molecule has 0 saturated carbocycles. The highest BCUT2D eigenvalue weighted by molar-refractivity contribution is 9.09. The average molecular weight is 276 g/mol. The molecule has 1 heterocycles. The lowest BCUT2D eigenvalue weighted by molar-refractivity contribution is -0.127. The zero-order valence-corrected chi connectivity index (χ0v) is 11.3. The molecule has 0 aliphatic carbocycles. The van der Waals surface area contributed by atoms with Crippen LogP contribution in [-0.2, 0) is 4.79 Å². The minimum absolute atomic E-state index is 0.324. The van der Waals surface area contributed by atoms with Crippen molar-refractivity contribution in [3.63, 3.8) is 0 Å². The summed E-state index contributed by atoms with van der Waals surface area (Å²) in [5.74, 6) is 0.324. The molecule has 88 valence electrons. The predicted molar refractivity (Wildman–Crippen MR) is 67.3 cm³/mol. The zero-order chi connectivity index (χ0) is 11.1. The third-order valence-corrected chi connectivity index (χ3v) is 3.56. The lowest BCUT2D eigenvalue weighted by Gasteiger charge is -2.15. The van der Waals surface area contributed by atoms with Crippen molar-refractivity contribution < 1.29 is 4.79 Å². The molecule has 1 aliphatic rings. The maximum absolute atomic E-state index is 11.4. The number of unbranched alkanes of at least 4 members (excludes halogenated alkanes) is 5. The van der Waals surface area contributed by atoms with Crippen LogP contribution in [-0.4, -0.2) is 28.7 Å². The van der Waals surface area contributed by atoms with Crippen LogP contribution in [0.15, 0.2) is 0 Å². The van der Waals surface area contributed by atoms with Crippen LogP contribution >= 0.6 is 15.9 Å². The minimum Gasteiger partial charge on any atom is -0.342 e. The van der Waals surface area contributed by atoms with Crippen molar-refractivity contribution in [2.45, 2.75) is 56.7 Å². The van der Waals surface area contributed by atoms with E-state index < -0.39 is 0 Å². The Labute approximate surface area is 102 Å². The van der Waals surface area contributed by atoms with Gasteiger partial charge in [-0.15, -0.1) is 0 Å². The second-order valence-electron chi connectivity index (χ2n) is 4.41. The standard InChI is InChI=1S/C12H22BrNO/c1-2-3-4-5-6-7-8-14-10-11(13)9-12(14)15/h11H,2-10H2,1H3. The molecule has 1 amide bonds. The van der Waals surface area contributed by atoms with Crippen LogP contribution in [0.2, 0.25) is 0 Å². The first-order valence-corrected chi connectivity index (χ1v) is 7.07. The lowest BCUT2D eigenvalue weighted by atomic mass is 10.1. The van der Waals surface area contributed by atoms with E-state index in [1.807, 2.05) is 4.90 Å². The van der Waals surface area contributed by atoms with Crippen molar-refractivity contribution in [2.75, 3.05) is 13.1 Å². The Balaban J connectivity index is 1.98. The summed E-state index contributed by atoms with van der Waals surface area (Å²) in [5.41, 5.74) is 0. The molecule has 0 aromatic rings. The molecule has 1 unspecified atom stereocenters. The average Bonchev–Trinajstić information content (AvgIpc) is 2.51. The van der Waals surface area contributed by atoms with E-state index in [2.05, 4.69) is 22.9 Å². The van der Waals surface area contributed by atoms with Crippen molar-refractivity contribution in [2.24, 2.45) is 0 Å². The molecule has 1 saturated heterocycles. The fraction of sp³-hybridized carbons (Fsp3) is 0.917. The van der Waals surface area contributed by atoms with Gasteiger partial charge in [-0.25, -0.2) is 0 Å². The van der Waals surface area contributed by atoms with Crippen LogP contribution in [0, 0.1) is 0 Å². The summed E-state index contributed by atoms with van der Waals surface area (Å²) >= 11 is 3.50. The number of amides is 1. The maximum atomic E-state index is 11.4. The monoisotopic (exact) mass is 275 g/mol. The first kappa shape index (κ1) is 13.0. The Hall–Kier alpha value is -0.0500. The quantitative estimate of drug-likeness (QED) is 0.516. The second kappa shape index (κ2) is 7.26. The highest BCUT2D eigenvalue weighted by atomic mass is 79.9. The Morgan fingerprint density at radius 3 is 2.53 bits per heavy atom. The van der Waals surface area contributed by atoms with Crippen LogP contribution in [0.1, 0.15) is 51.9 Å². The van der Waals surface area contributed by atoms with Gasteiger partial charge in [0.2, 0.25) is 5.91 Å². The van der Waals surface area contributed by atoms with Gasteiger partial charge in [0.15, 0.2) is 0 Å². The number of rotatable bonds is 7. The van der Waals surface area contributed by atoms with Gasteiger partial charge in [0.05, 0.1) is 0 Å². The molecule has 1 fully saturated rings. The van der Waals surface area contributed by atoms with Gasteiger partial charge in [-0.2, -0.15) is 0 Å². The van der Waals surface area contributed by atoms with Gasteiger partial charge in [0.1, 0.15) is 0 Å². The number of alkyl halides is 1. The Kier molecular flexibility index (Phi) is 6.30. The molecule has 1 rings (SSSR count). The number of carbonyl (C=O) groups excluding carboxylic acids is 1. The normalized spacial score (nSPS) is 21.3. The largest absolute Gasteiger partial charge is 0.342 e. The van der Waals surface area contributed by atoms with Crippen LogP contribution in [0.4, 0.5) is 0 Å². The molecular formula is C12H22BrNO. The summed E-state index contributed by atoms with van der Waals surface area (Å²) in [6.45, 7) is 4.11. The summed E-state index contributed by atoms with van der Waals surface area (Å²) in [5, 5.41) is 0. The molecule has 0 N–H and O–H groups in total. The van der Waals surface area contributed by atoms with E-state index in [9.17, 15) is 4.79 Å². The van der Waals surface area contributed by atoms with Crippen LogP contribution in [0.25, 0.3) is 0 Å². The Morgan fingerprint density at radius 2 is 1.93 bits per heavy atom. The summed E-state index contributed by atoms with van der Waals surface area (Å²) < 4.78 is 0. The first-order valence-electron chi connectivity index (χ1n) is 6.16. The molecule has 15 heavy (non-hydrogen) atoms. The van der Waals surface area contributed by atoms with E-state index in [1.54, 1.807) is 0 Å². The van der Waals surface area contributed by atoms with Crippen molar-refractivity contribution in [3.8, 4) is 0 Å². The lowest BCUT2D eigenvalue weighted by Crippen LogP contribution is -2.26. The molecule has 0 aromatic heterocycles. The summed E-state index contributed by atoms with van der Waals surface area (Å²) in [6, 6.07) is 0. The SMILES string of the molecule is CCCCCCCCN1CC(Br)CC1=O. The smallest absolute Gasteiger partial charge is 0.223 e. The summed E-state index contributed by atoms with van der Waals surface area (Å²) in [7, 11) is 0. The number of hydrogen-bond acceptors (Lipinski definition) is 1. The van der Waals surface area contributed by atoms with E-state index in [1.165, 1.54) is 38.5 Å². The topological polar surface area (TPSA) is 20.3 Å². The van der Waals surface area contributed by atoms with Crippen LogP contribution in [0.5, 0.6) is 0 Å². The number of hydrogen-bond donors (Lipinski definition) is 0. The molecule has 1 aliphatic heterocycles. The van der Waals surface area contributed by atoms with Crippen LogP contribution in [0.3, 0.4) is 0 Å². The van der Waals surface area contributed by atoms with Gasteiger partial charge in [-0.1, -0.05) is 55.0 Å². The van der Waals surface area contributed by atoms with E-state index in [4.69, 9.17) is 0 Å². The zero-order valence-electron chi connectivity index (χ0n) is 9.67. The Morgan fingerprint density at radius 1 is 1.27 bits per heavy atom. The molecule has 0 radical (unpaired) electrons. The predicted octanol–water partition coefficient (Wildman–Crippen LogP) is 3.34. The molecule has 0 bridgehead atoms. The number of likely N-dealkylation sites (tertiary alicyclic amines) is 1. The van der Waals surface area contributed by atoms with Gasteiger partial charge in [0.25, 0.3) is 0 Å². The van der Waals surface area contributed by atoms with Gasteiger partial charge in [0, 0.05) is 24.3 Å². The van der Waals surface area contributed by atoms with Crippen molar-refractivity contribution in [1.82, 2.24) is 4.90 Å². The van der Waals surface area contributed by atoms with Crippen LogP contribution < -0.4 is 0 Å². The molecule has 0 aromatic carbocycles. The van der Waals surface area contributed by atoms with Gasteiger partial charge >= 0.3 is 0 Å². The third-order valence-electron chi connectivity index (χ3n) is 2.95. The number of nitrogens with zero attached hydrogens (tertiary/aromatic N) is 1. The number of carbonyl (C=O) groups is 1. The summed E-state index contributed by atoms with van der Waals surface area (Å²) in [6.07, 6.45) is 8.48. The number of halogens is 1. The fourth-order valence-corrected chi connectivity index (χ4v) is 2.65. The van der Waals surface area contributed by atoms with Gasteiger partial charge in [-0.3, -0.25) is 4.79 Å². The van der Waals surface area contributed by atoms with E-state index >= 15 is 0 Å². The highest BCUT2D eigenvalue weighted by Crippen LogP contribution is 2.18. The van der Waals surface area contributed by atoms with E-state index in [0.29, 0.717) is 17.2 Å². The molecule has 2 nitrogen and oxygen atoms in total. The van der Waals surface area contributed by atoms with Crippen molar-refractivity contribution in [1.29, 1.82) is 0 Å². The Bertz CT molecular complexity index is 196. The fourth-order valence-electron chi connectivity index (χ4n) is 2.02. The maximum Gasteiger partial charge on any atom is 0.223 e.